The topological polar surface area (TPSA) is 94.6 Å². The first-order valence-corrected chi connectivity index (χ1v) is 8.48. The van der Waals surface area contributed by atoms with E-state index in [1.165, 1.54) is 12.6 Å². The van der Waals surface area contributed by atoms with Gasteiger partial charge in [0.05, 0.1) is 12.6 Å². The molecule has 1 aromatic rings. The molecule has 0 aliphatic rings. The molecule has 0 amide bonds. The van der Waals surface area contributed by atoms with Gasteiger partial charge >= 0.3 is 5.97 Å². The Morgan fingerprint density at radius 2 is 2.20 bits per heavy atom. The zero-order chi connectivity index (χ0) is 15.0. The van der Waals surface area contributed by atoms with E-state index in [1.54, 1.807) is 0 Å². The maximum Gasteiger partial charge on any atom is 0.358 e. The molecule has 0 saturated heterocycles. The van der Waals surface area contributed by atoms with Gasteiger partial charge in [0.1, 0.15) is 0 Å². The summed E-state index contributed by atoms with van der Waals surface area (Å²) in [6.45, 7) is 3.39. The number of nitrogens with one attached hydrogen (secondary N) is 1. The quantitative estimate of drug-likeness (QED) is 0.539. The van der Waals surface area contributed by atoms with Gasteiger partial charge in [-0.15, -0.1) is 11.3 Å². The van der Waals surface area contributed by atoms with Crippen molar-refractivity contribution in [1.82, 2.24) is 9.71 Å². The molecule has 0 aliphatic heterocycles. The number of sulfonamides is 1. The van der Waals surface area contributed by atoms with Crippen molar-refractivity contribution in [1.29, 1.82) is 0 Å². The van der Waals surface area contributed by atoms with E-state index >= 15 is 0 Å². The summed E-state index contributed by atoms with van der Waals surface area (Å²) in [5, 5.41) is 0. The van der Waals surface area contributed by atoms with Gasteiger partial charge in [-0.2, -0.15) is 0 Å². The highest BCUT2D eigenvalue weighted by Gasteiger charge is 2.25. The van der Waals surface area contributed by atoms with Crippen molar-refractivity contribution in [3.05, 3.63) is 11.2 Å². The number of esters is 1. The van der Waals surface area contributed by atoms with E-state index in [0.29, 0.717) is 19.6 Å². The average molecular weight is 322 g/mol. The molecule has 1 heterocycles. The monoisotopic (exact) mass is 322 g/mol. The van der Waals surface area contributed by atoms with Crippen LogP contribution in [0.2, 0.25) is 0 Å². The fourth-order valence-electron chi connectivity index (χ4n) is 1.35. The molecule has 114 valence electrons. The van der Waals surface area contributed by atoms with Crippen LogP contribution in [0.3, 0.4) is 0 Å². The molecule has 0 spiro atoms. The zero-order valence-electron chi connectivity index (χ0n) is 11.4. The minimum Gasteiger partial charge on any atom is -0.464 e. The van der Waals surface area contributed by atoms with Crippen molar-refractivity contribution in [2.75, 3.05) is 26.9 Å². The second kappa shape index (κ2) is 8.30. The average Bonchev–Trinajstić information content (AvgIpc) is 2.92. The molecule has 7 nitrogen and oxygen atoms in total. The van der Waals surface area contributed by atoms with Crippen LogP contribution in [0.1, 0.15) is 30.3 Å². The van der Waals surface area contributed by atoms with E-state index in [4.69, 9.17) is 4.74 Å². The van der Waals surface area contributed by atoms with Gasteiger partial charge in [-0.05, 0) is 12.8 Å². The molecule has 0 aromatic carbocycles. The summed E-state index contributed by atoms with van der Waals surface area (Å²) in [7, 11) is -2.57. The summed E-state index contributed by atoms with van der Waals surface area (Å²) in [5.74, 6) is -0.766. The number of ether oxygens (including phenoxy) is 2. The minimum absolute atomic E-state index is 0.126. The summed E-state index contributed by atoms with van der Waals surface area (Å²) in [4.78, 5) is 15.1. The van der Waals surface area contributed by atoms with E-state index in [0.717, 1.165) is 17.8 Å². The van der Waals surface area contributed by atoms with Crippen molar-refractivity contribution in [2.24, 2.45) is 0 Å². The van der Waals surface area contributed by atoms with Gasteiger partial charge in [0, 0.05) is 19.8 Å². The molecule has 0 saturated carbocycles. The van der Waals surface area contributed by atoms with Gasteiger partial charge in [-0.25, -0.2) is 22.9 Å². The van der Waals surface area contributed by atoms with E-state index < -0.39 is 16.0 Å². The molecule has 0 atom stereocenters. The highest BCUT2D eigenvalue weighted by atomic mass is 32.2. The molecule has 9 heteroatoms. The van der Waals surface area contributed by atoms with Crippen molar-refractivity contribution < 1.29 is 22.7 Å². The summed E-state index contributed by atoms with van der Waals surface area (Å²) < 4.78 is 36.1. The molecule has 0 aliphatic carbocycles. The Balaban J connectivity index is 2.57. The Kier molecular flexibility index (Phi) is 7.06. The molecule has 20 heavy (non-hydrogen) atoms. The van der Waals surface area contributed by atoms with Gasteiger partial charge in [-0.3, -0.25) is 0 Å². The third-order valence-electron chi connectivity index (χ3n) is 2.26. The molecule has 1 rings (SSSR count). The fraction of sp³-hybridized carbons (Fsp3) is 0.636. The van der Waals surface area contributed by atoms with Crippen molar-refractivity contribution >= 4 is 27.3 Å². The van der Waals surface area contributed by atoms with E-state index in [2.05, 4.69) is 14.4 Å². The van der Waals surface area contributed by atoms with Gasteiger partial charge in [-0.1, -0.05) is 6.92 Å². The van der Waals surface area contributed by atoms with Crippen LogP contribution in [-0.2, 0) is 19.5 Å². The Morgan fingerprint density at radius 3 is 2.85 bits per heavy atom. The number of nitrogens with zero attached hydrogens (tertiary/aromatic N) is 1. The van der Waals surface area contributed by atoms with Crippen LogP contribution in [0.5, 0.6) is 0 Å². The van der Waals surface area contributed by atoms with Crippen molar-refractivity contribution in [2.45, 2.75) is 24.0 Å². The summed E-state index contributed by atoms with van der Waals surface area (Å²) >= 11 is 0.878. The molecule has 0 fully saturated rings. The number of rotatable bonds is 9. The fourth-order valence-corrected chi connectivity index (χ4v) is 3.60. The molecular weight excluding hydrogens is 304 g/mol. The SMILES string of the molecule is CCCOCCCNS(=O)(=O)c1scnc1C(=O)OC. The van der Waals surface area contributed by atoms with E-state index in [1.807, 2.05) is 6.92 Å². The third kappa shape index (κ3) is 4.82. The number of carbonyl (C=O) groups is 1. The van der Waals surface area contributed by atoms with Gasteiger partial charge < -0.3 is 9.47 Å². The van der Waals surface area contributed by atoms with Crippen LogP contribution in [0.25, 0.3) is 0 Å². The minimum atomic E-state index is -3.75. The van der Waals surface area contributed by atoms with Crippen LogP contribution in [0, 0.1) is 0 Å². The van der Waals surface area contributed by atoms with Crippen LogP contribution >= 0.6 is 11.3 Å². The number of carbonyl (C=O) groups excluding carboxylic acids is 1. The molecule has 1 aromatic heterocycles. The first-order valence-electron chi connectivity index (χ1n) is 6.12. The number of thiazole rings is 1. The standard InChI is InChI=1S/C11H18N2O5S2/c1-3-6-18-7-4-5-13-20(15,16)11-9(10(14)17-2)12-8-19-11/h8,13H,3-7H2,1-2H3. The third-order valence-corrected chi connectivity index (χ3v) is 5.09. The molecular formula is C11H18N2O5S2. The predicted octanol–water partition coefficient (Wildman–Crippen LogP) is 1.02. The van der Waals surface area contributed by atoms with E-state index in [-0.39, 0.29) is 16.4 Å². The number of hydrogen-bond acceptors (Lipinski definition) is 7. The Bertz CT molecular complexity index is 527. The normalized spacial score (nSPS) is 11.5. The smallest absolute Gasteiger partial charge is 0.358 e. The highest BCUT2D eigenvalue weighted by Crippen LogP contribution is 2.20. The van der Waals surface area contributed by atoms with Crippen molar-refractivity contribution in [3.8, 4) is 0 Å². The molecule has 0 radical (unpaired) electrons. The van der Waals surface area contributed by atoms with E-state index in [9.17, 15) is 13.2 Å². The maximum atomic E-state index is 12.0. The Hall–Kier alpha value is -1.03. The number of hydrogen-bond donors (Lipinski definition) is 1. The lowest BCUT2D eigenvalue weighted by molar-refractivity contribution is 0.0590. The van der Waals surface area contributed by atoms with Crippen LogP contribution in [0.15, 0.2) is 9.72 Å². The molecule has 1 N–H and O–H groups in total. The maximum absolute atomic E-state index is 12.0. The van der Waals surface area contributed by atoms with Gasteiger partial charge in [0.2, 0.25) is 0 Å². The van der Waals surface area contributed by atoms with Crippen LogP contribution in [-0.4, -0.2) is 46.2 Å². The lowest BCUT2D eigenvalue weighted by Gasteiger charge is -2.06. The van der Waals surface area contributed by atoms with Gasteiger partial charge in [0.25, 0.3) is 10.0 Å². The molecule has 0 unspecified atom stereocenters. The largest absolute Gasteiger partial charge is 0.464 e. The summed E-state index contributed by atoms with van der Waals surface area (Å²) in [5.41, 5.74) is 1.11. The second-order valence-electron chi connectivity index (χ2n) is 3.84. The second-order valence-corrected chi connectivity index (χ2v) is 6.66. The highest BCUT2D eigenvalue weighted by molar-refractivity contribution is 7.91. The lowest BCUT2D eigenvalue weighted by atomic mass is 10.4. The number of aromatic nitrogens is 1. The summed E-state index contributed by atoms with van der Waals surface area (Å²) in [6.07, 6.45) is 1.49. The predicted molar refractivity (Wildman–Crippen MR) is 74.4 cm³/mol. The summed E-state index contributed by atoms with van der Waals surface area (Å²) in [6, 6.07) is 0. The zero-order valence-corrected chi connectivity index (χ0v) is 13.1. The molecule has 0 bridgehead atoms. The van der Waals surface area contributed by atoms with Crippen molar-refractivity contribution in [3.63, 3.8) is 0 Å². The number of methoxy groups -OCH3 is 1. The van der Waals surface area contributed by atoms with Crippen LogP contribution < -0.4 is 4.72 Å². The van der Waals surface area contributed by atoms with Crippen LogP contribution in [0.4, 0.5) is 0 Å². The first-order chi connectivity index (χ1) is 9.53. The van der Waals surface area contributed by atoms with Gasteiger partial charge in [0.15, 0.2) is 9.90 Å². The Morgan fingerprint density at radius 1 is 1.45 bits per heavy atom. The first kappa shape index (κ1) is 17.0. The lowest BCUT2D eigenvalue weighted by Crippen LogP contribution is -2.26. The Labute approximate surface area is 122 Å².